The van der Waals surface area contributed by atoms with Crippen molar-refractivity contribution in [1.29, 1.82) is 0 Å². The Balaban J connectivity index is 2.18. The first kappa shape index (κ1) is 13.2. The third-order valence-electron chi connectivity index (χ3n) is 3.45. The summed E-state index contributed by atoms with van der Waals surface area (Å²) in [4.78, 5) is 0. The van der Waals surface area contributed by atoms with E-state index in [1.54, 1.807) is 14.2 Å². The van der Waals surface area contributed by atoms with Crippen LogP contribution in [0.2, 0.25) is 0 Å². The van der Waals surface area contributed by atoms with E-state index in [-0.39, 0.29) is 12.1 Å². The molecule has 1 aromatic carbocycles. The van der Waals surface area contributed by atoms with E-state index in [4.69, 9.17) is 19.9 Å². The van der Waals surface area contributed by atoms with Crippen molar-refractivity contribution in [2.75, 3.05) is 20.8 Å². The van der Waals surface area contributed by atoms with Crippen molar-refractivity contribution in [3.05, 3.63) is 23.8 Å². The van der Waals surface area contributed by atoms with E-state index in [9.17, 15) is 0 Å². The molecule has 18 heavy (non-hydrogen) atoms. The molecule has 0 aliphatic carbocycles. The molecule has 0 radical (unpaired) electrons. The molecule has 2 unspecified atom stereocenters. The van der Waals surface area contributed by atoms with Crippen LogP contribution in [0.1, 0.15) is 24.9 Å². The van der Waals surface area contributed by atoms with Crippen LogP contribution in [0.4, 0.5) is 0 Å². The van der Waals surface area contributed by atoms with Crippen LogP contribution >= 0.6 is 0 Å². The maximum absolute atomic E-state index is 6.22. The van der Waals surface area contributed by atoms with Crippen molar-refractivity contribution in [1.82, 2.24) is 0 Å². The Morgan fingerprint density at radius 3 is 2.89 bits per heavy atom. The van der Waals surface area contributed by atoms with E-state index in [0.29, 0.717) is 12.5 Å². The van der Waals surface area contributed by atoms with Gasteiger partial charge in [-0.25, -0.2) is 0 Å². The summed E-state index contributed by atoms with van der Waals surface area (Å²) in [5.41, 5.74) is 7.24. The van der Waals surface area contributed by atoms with Gasteiger partial charge in [-0.15, -0.1) is 0 Å². The summed E-state index contributed by atoms with van der Waals surface area (Å²) in [6.45, 7) is 2.80. The third kappa shape index (κ3) is 2.60. The molecule has 0 spiro atoms. The minimum Gasteiger partial charge on any atom is -0.497 e. The van der Waals surface area contributed by atoms with E-state index in [2.05, 4.69) is 6.92 Å². The molecule has 0 fully saturated rings. The van der Waals surface area contributed by atoms with Crippen molar-refractivity contribution in [3.8, 4) is 11.5 Å². The molecule has 1 aliphatic heterocycles. The second-order valence-electron chi connectivity index (χ2n) is 4.83. The molecule has 2 rings (SSSR count). The molecule has 1 aromatic rings. The second-order valence-corrected chi connectivity index (χ2v) is 4.83. The first-order valence-electron chi connectivity index (χ1n) is 6.24. The monoisotopic (exact) mass is 251 g/mol. The maximum atomic E-state index is 6.22. The molecule has 3 atom stereocenters. The number of methoxy groups -OCH3 is 2. The van der Waals surface area contributed by atoms with Crippen molar-refractivity contribution in [2.24, 2.45) is 11.7 Å². The molecule has 0 amide bonds. The van der Waals surface area contributed by atoms with E-state index in [1.807, 2.05) is 18.2 Å². The Hall–Kier alpha value is -1.26. The summed E-state index contributed by atoms with van der Waals surface area (Å²) in [7, 11) is 3.36. The molecule has 1 heterocycles. The topological polar surface area (TPSA) is 53.7 Å². The van der Waals surface area contributed by atoms with Crippen molar-refractivity contribution in [2.45, 2.75) is 25.5 Å². The van der Waals surface area contributed by atoms with Gasteiger partial charge in [0.25, 0.3) is 0 Å². The van der Waals surface area contributed by atoms with E-state index in [1.165, 1.54) is 0 Å². The minimum absolute atomic E-state index is 0.00634. The molecule has 2 N–H and O–H groups in total. The quantitative estimate of drug-likeness (QED) is 0.890. The smallest absolute Gasteiger partial charge is 0.124 e. The highest BCUT2D eigenvalue weighted by molar-refractivity contribution is 5.43. The molecule has 4 heteroatoms. The minimum atomic E-state index is -0.00634. The summed E-state index contributed by atoms with van der Waals surface area (Å²) in [6, 6.07) is 5.78. The van der Waals surface area contributed by atoms with Gasteiger partial charge in [0, 0.05) is 31.1 Å². The SMILES string of the molecule is COCC(C)C1C[C@H](N)c2cc(OC)ccc2O1. The molecule has 4 nitrogen and oxygen atoms in total. The van der Waals surface area contributed by atoms with Crippen molar-refractivity contribution >= 4 is 0 Å². The van der Waals surface area contributed by atoms with Gasteiger partial charge in [-0.2, -0.15) is 0 Å². The molecule has 0 aromatic heterocycles. The fourth-order valence-corrected chi connectivity index (χ4v) is 2.36. The van der Waals surface area contributed by atoms with Gasteiger partial charge >= 0.3 is 0 Å². The number of hydrogen-bond acceptors (Lipinski definition) is 4. The second kappa shape index (κ2) is 5.59. The number of ether oxygens (including phenoxy) is 3. The number of fused-ring (bicyclic) bond motifs is 1. The highest BCUT2D eigenvalue weighted by atomic mass is 16.5. The van der Waals surface area contributed by atoms with Crippen LogP contribution in [0.15, 0.2) is 18.2 Å². The molecule has 0 bridgehead atoms. The number of hydrogen-bond donors (Lipinski definition) is 1. The first-order valence-corrected chi connectivity index (χ1v) is 6.24. The zero-order chi connectivity index (χ0) is 13.1. The van der Waals surface area contributed by atoms with Crippen LogP contribution in [-0.4, -0.2) is 26.9 Å². The number of benzene rings is 1. The molecule has 0 saturated carbocycles. The lowest BCUT2D eigenvalue weighted by Gasteiger charge is -2.33. The molecule has 1 aliphatic rings. The summed E-state index contributed by atoms with van der Waals surface area (Å²) in [5.74, 6) is 2.01. The third-order valence-corrected chi connectivity index (χ3v) is 3.45. The summed E-state index contributed by atoms with van der Waals surface area (Å²) >= 11 is 0. The lowest BCUT2D eigenvalue weighted by molar-refractivity contribution is 0.0537. The average Bonchev–Trinajstić information content (AvgIpc) is 2.38. The Morgan fingerprint density at radius 2 is 2.22 bits per heavy atom. The van der Waals surface area contributed by atoms with Gasteiger partial charge in [0.2, 0.25) is 0 Å². The predicted octanol–water partition coefficient (Wildman–Crippen LogP) is 2.13. The molecule has 100 valence electrons. The zero-order valence-corrected chi connectivity index (χ0v) is 11.2. The summed E-state index contributed by atoms with van der Waals surface area (Å²) in [6.07, 6.45) is 0.922. The standard InChI is InChI=1S/C14H21NO3/c1-9(8-16-2)14-7-12(15)11-6-10(17-3)4-5-13(11)18-14/h4-6,9,12,14H,7-8,15H2,1-3H3/t9?,12-,14?/m0/s1. The van der Waals surface area contributed by atoms with Crippen molar-refractivity contribution < 1.29 is 14.2 Å². The van der Waals surface area contributed by atoms with E-state index >= 15 is 0 Å². The zero-order valence-electron chi connectivity index (χ0n) is 11.2. The molecule has 0 saturated heterocycles. The van der Waals surface area contributed by atoms with E-state index < -0.39 is 0 Å². The normalized spacial score (nSPS) is 24.0. The number of rotatable bonds is 4. The average molecular weight is 251 g/mol. The van der Waals surface area contributed by atoms with Gasteiger partial charge in [0.15, 0.2) is 0 Å². The lowest BCUT2D eigenvalue weighted by Crippen LogP contribution is -2.35. The molecular formula is C14H21NO3. The van der Waals surface area contributed by atoms with Gasteiger partial charge in [0.05, 0.1) is 13.7 Å². The van der Waals surface area contributed by atoms with Crippen LogP contribution in [0.3, 0.4) is 0 Å². The Morgan fingerprint density at radius 1 is 1.44 bits per heavy atom. The van der Waals surface area contributed by atoms with Crippen LogP contribution in [0.25, 0.3) is 0 Å². The Kier molecular flexibility index (Phi) is 4.09. The Bertz CT molecular complexity index is 408. The first-order chi connectivity index (χ1) is 8.65. The highest BCUT2D eigenvalue weighted by Crippen LogP contribution is 2.37. The van der Waals surface area contributed by atoms with Gasteiger partial charge in [-0.1, -0.05) is 6.92 Å². The Labute approximate surface area is 108 Å². The van der Waals surface area contributed by atoms with Gasteiger partial charge in [0.1, 0.15) is 17.6 Å². The van der Waals surface area contributed by atoms with Crippen LogP contribution in [0.5, 0.6) is 11.5 Å². The van der Waals surface area contributed by atoms with Gasteiger partial charge in [-0.3, -0.25) is 0 Å². The number of nitrogens with two attached hydrogens (primary N) is 1. The van der Waals surface area contributed by atoms with Crippen LogP contribution in [0, 0.1) is 5.92 Å². The highest BCUT2D eigenvalue weighted by Gasteiger charge is 2.29. The predicted molar refractivity (Wildman–Crippen MR) is 70.0 cm³/mol. The fraction of sp³-hybridized carbons (Fsp3) is 0.571. The summed E-state index contributed by atoms with van der Waals surface area (Å²) < 4.78 is 16.4. The van der Waals surface area contributed by atoms with Crippen LogP contribution in [-0.2, 0) is 4.74 Å². The van der Waals surface area contributed by atoms with Crippen LogP contribution < -0.4 is 15.2 Å². The maximum Gasteiger partial charge on any atom is 0.124 e. The summed E-state index contributed by atoms with van der Waals surface area (Å²) in [5, 5.41) is 0. The van der Waals surface area contributed by atoms with Gasteiger partial charge in [-0.05, 0) is 18.2 Å². The fourth-order valence-electron chi connectivity index (χ4n) is 2.36. The lowest BCUT2D eigenvalue weighted by atomic mass is 9.91. The van der Waals surface area contributed by atoms with Crippen molar-refractivity contribution in [3.63, 3.8) is 0 Å². The molecular weight excluding hydrogens is 230 g/mol. The van der Waals surface area contributed by atoms with Gasteiger partial charge < -0.3 is 19.9 Å². The van der Waals surface area contributed by atoms with E-state index in [0.717, 1.165) is 23.5 Å². The largest absolute Gasteiger partial charge is 0.497 e.